The van der Waals surface area contributed by atoms with E-state index in [2.05, 4.69) is 10.2 Å². The number of aromatic nitrogens is 2. The Morgan fingerprint density at radius 2 is 2.21 bits per heavy atom. The minimum Gasteiger partial charge on any atom is -0.375 e. The van der Waals surface area contributed by atoms with Crippen molar-refractivity contribution in [2.45, 2.75) is 13.0 Å². The van der Waals surface area contributed by atoms with E-state index in [-0.39, 0.29) is 18.4 Å². The highest BCUT2D eigenvalue weighted by molar-refractivity contribution is 5.93. The van der Waals surface area contributed by atoms with Crippen LogP contribution in [0.3, 0.4) is 0 Å². The van der Waals surface area contributed by atoms with E-state index in [0.29, 0.717) is 25.2 Å². The Hall–Kier alpha value is -1.89. The molecule has 104 valence electrons. The standard InChI is InChI=1S/C12H18N4O3/c1-15(2)12(18)11-8-6-16(10(17)7-19-3)5-4-9(8)13-14-11/h4-7H2,1-3H3,(H,13,14). The molecule has 2 rings (SSSR count). The van der Waals surface area contributed by atoms with Gasteiger partial charge in [-0.2, -0.15) is 5.10 Å². The molecule has 1 aliphatic heterocycles. The molecule has 1 aromatic rings. The normalized spacial score (nSPS) is 14.2. The summed E-state index contributed by atoms with van der Waals surface area (Å²) in [5.74, 6) is -0.226. The molecule has 0 spiro atoms. The number of carbonyl (C=O) groups excluding carboxylic acids is 2. The molecule has 1 N–H and O–H groups in total. The van der Waals surface area contributed by atoms with Crippen LogP contribution in [0.5, 0.6) is 0 Å². The van der Waals surface area contributed by atoms with Crippen molar-refractivity contribution in [3.05, 3.63) is 17.0 Å². The van der Waals surface area contributed by atoms with Crippen molar-refractivity contribution >= 4 is 11.8 Å². The average Bonchev–Trinajstić information content (AvgIpc) is 2.80. The lowest BCUT2D eigenvalue weighted by atomic mass is 10.0. The molecule has 1 aliphatic rings. The van der Waals surface area contributed by atoms with E-state index < -0.39 is 0 Å². The number of fused-ring (bicyclic) bond motifs is 1. The van der Waals surface area contributed by atoms with Crippen LogP contribution >= 0.6 is 0 Å². The minimum atomic E-state index is -0.154. The predicted octanol–water partition coefficient (Wildman–Crippen LogP) is -0.357. The number of nitrogens with zero attached hydrogens (tertiary/aromatic N) is 3. The van der Waals surface area contributed by atoms with E-state index in [1.807, 2.05) is 0 Å². The van der Waals surface area contributed by atoms with Crippen molar-refractivity contribution in [3.8, 4) is 0 Å². The summed E-state index contributed by atoms with van der Waals surface area (Å²) in [6.07, 6.45) is 0.679. The lowest BCUT2D eigenvalue weighted by molar-refractivity contribution is -0.136. The first-order valence-electron chi connectivity index (χ1n) is 6.09. The fourth-order valence-electron chi connectivity index (χ4n) is 2.11. The highest BCUT2D eigenvalue weighted by atomic mass is 16.5. The number of amides is 2. The Kier molecular flexibility index (Phi) is 3.84. The third-order valence-electron chi connectivity index (χ3n) is 3.16. The first-order chi connectivity index (χ1) is 9.04. The fraction of sp³-hybridized carbons (Fsp3) is 0.583. The van der Waals surface area contributed by atoms with E-state index >= 15 is 0 Å². The number of hydrogen-bond acceptors (Lipinski definition) is 4. The summed E-state index contributed by atoms with van der Waals surface area (Å²) in [6.45, 7) is 1.08. The number of methoxy groups -OCH3 is 1. The summed E-state index contributed by atoms with van der Waals surface area (Å²) in [6, 6.07) is 0. The van der Waals surface area contributed by atoms with Gasteiger partial charge in [0.1, 0.15) is 6.61 Å². The molecule has 0 radical (unpaired) electrons. The molecule has 19 heavy (non-hydrogen) atoms. The fourth-order valence-corrected chi connectivity index (χ4v) is 2.11. The summed E-state index contributed by atoms with van der Waals surface area (Å²) in [4.78, 5) is 27.0. The molecule has 1 aromatic heterocycles. The summed E-state index contributed by atoms with van der Waals surface area (Å²) in [5.41, 5.74) is 2.15. The van der Waals surface area contributed by atoms with Crippen LogP contribution in [0.4, 0.5) is 0 Å². The van der Waals surface area contributed by atoms with Gasteiger partial charge in [0.05, 0.1) is 0 Å². The summed E-state index contributed by atoms with van der Waals surface area (Å²) < 4.78 is 4.85. The number of ether oxygens (including phenoxy) is 1. The largest absolute Gasteiger partial charge is 0.375 e. The zero-order valence-electron chi connectivity index (χ0n) is 11.4. The SMILES string of the molecule is COCC(=O)N1CCc2[nH]nc(C(=O)N(C)C)c2C1. The van der Waals surface area contributed by atoms with Gasteiger partial charge in [-0.1, -0.05) is 0 Å². The lowest BCUT2D eigenvalue weighted by Crippen LogP contribution is -2.38. The Bertz CT molecular complexity index is 495. The van der Waals surface area contributed by atoms with E-state index in [9.17, 15) is 9.59 Å². The first-order valence-corrected chi connectivity index (χ1v) is 6.09. The number of H-pyrrole nitrogens is 1. The topological polar surface area (TPSA) is 78.5 Å². The monoisotopic (exact) mass is 266 g/mol. The quantitative estimate of drug-likeness (QED) is 0.810. The van der Waals surface area contributed by atoms with Gasteiger partial charge < -0.3 is 14.5 Å². The highest BCUT2D eigenvalue weighted by Crippen LogP contribution is 2.21. The van der Waals surface area contributed by atoms with Gasteiger partial charge in [0.25, 0.3) is 5.91 Å². The maximum absolute atomic E-state index is 12.0. The van der Waals surface area contributed by atoms with Crippen LogP contribution in [0, 0.1) is 0 Å². The molecule has 0 aliphatic carbocycles. The van der Waals surface area contributed by atoms with Gasteiger partial charge in [-0.25, -0.2) is 0 Å². The van der Waals surface area contributed by atoms with E-state index in [1.54, 1.807) is 19.0 Å². The number of nitrogens with one attached hydrogen (secondary N) is 1. The van der Waals surface area contributed by atoms with Crippen LogP contribution in [0.25, 0.3) is 0 Å². The van der Waals surface area contributed by atoms with Gasteiger partial charge in [-0.15, -0.1) is 0 Å². The van der Waals surface area contributed by atoms with Gasteiger partial charge >= 0.3 is 0 Å². The van der Waals surface area contributed by atoms with Crippen molar-refractivity contribution < 1.29 is 14.3 Å². The zero-order chi connectivity index (χ0) is 14.0. The second kappa shape index (κ2) is 5.40. The number of carbonyl (C=O) groups is 2. The third-order valence-corrected chi connectivity index (χ3v) is 3.16. The molecule has 0 atom stereocenters. The van der Waals surface area contributed by atoms with Crippen LogP contribution in [0.1, 0.15) is 21.7 Å². The van der Waals surface area contributed by atoms with E-state index in [1.165, 1.54) is 12.0 Å². The molecule has 7 nitrogen and oxygen atoms in total. The van der Waals surface area contributed by atoms with E-state index in [4.69, 9.17) is 4.74 Å². The Morgan fingerprint density at radius 3 is 2.84 bits per heavy atom. The zero-order valence-corrected chi connectivity index (χ0v) is 11.4. The maximum atomic E-state index is 12.0. The highest BCUT2D eigenvalue weighted by Gasteiger charge is 2.28. The first kappa shape index (κ1) is 13.5. The minimum absolute atomic E-state index is 0.0597. The molecule has 0 fully saturated rings. The second-order valence-electron chi connectivity index (χ2n) is 4.73. The van der Waals surface area contributed by atoms with Crippen LogP contribution in [-0.2, 0) is 22.5 Å². The Labute approximate surface area is 111 Å². The molecular formula is C12H18N4O3. The molecule has 0 saturated carbocycles. The van der Waals surface area contributed by atoms with Crippen LogP contribution < -0.4 is 0 Å². The summed E-state index contributed by atoms with van der Waals surface area (Å²) in [7, 11) is 4.85. The van der Waals surface area contributed by atoms with Crippen molar-refractivity contribution in [1.29, 1.82) is 0 Å². The number of rotatable bonds is 3. The van der Waals surface area contributed by atoms with Crippen molar-refractivity contribution in [2.75, 3.05) is 34.4 Å². The molecule has 2 heterocycles. The third kappa shape index (κ3) is 2.60. The number of hydrogen-bond donors (Lipinski definition) is 1. The molecular weight excluding hydrogens is 248 g/mol. The van der Waals surface area contributed by atoms with Crippen LogP contribution in [-0.4, -0.2) is 66.2 Å². The summed E-state index contributed by atoms with van der Waals surface area (Å²) in [5, 5.41) is 6.96. The molecule has 0 unspecified atom stereocenters. The van der Waals surface area contributed by atoms with Gasteiger partial charge in [0.2, 0.25) is 5.91 Å². The lowest BCUT2D eigenvalue weighted by Gasteiger charge is -2.27. The molecule has 2 amide bonds. The van der Waals surface area contributed by atoms with Gasteiger partial charge in [0.15, 0.2) is 5.69 Å². The van der Waals surface area contributed by atoms with Crippen molar-refractivity contribution in [3.63, 3.8) is 0 Å². The molecule has 7 heteroatoms. The van der Waals surface area contributed by atoms with Gasteiger partial charge in [-0.05, 0) is 0 Å². The molecule has 0 aromatic carbocycles. The van der Waals surface area contributed by atoms with Crippen molar-refractivity contribution in [2.24, 2.45) is 0 Å². The maximum Gasteiger partial charge on any atom is 0.274 e. The van der Waals surface area contributed by atoms with Gasteiger partial charge in [0, 0.05) is 52.0 Å². The second-order valence-corrected chi connectivity index (χ2v) is 4.73. The number of aromatic amines is 1. The predicted molar refractivity (Wildman–Crippen MR) is 67.6 cm³/mol. The van der Waals surface area contributed by atoms with Crippen molar-refractivity contribution in [1.82, 2.24) is 20.0 Å². The smallest absolute Gasteiger partial charge is 0.274 e. The van der Waals surface area contributed by atoms with Gasteiger partial charge in [-0.3, -0.25) is 14.7 Å². The Morgan fingerprint density at radius 1 is 1.47 bits per heavy atom. The summed E-state index contributed by atoms with van der Waals surface area (Å²) >= 11 is 0. The van der Waals surface area contributed by atoms with E-state index in [0.717, 1.165) is 11.3 Å². The van der Waals surface area contributed by atoms with Crippen LogP contribution in [0.15, 0.2) is 0 Å². The Balaban J connectivity index is 2.21. The molecule has 0 saturated heterocycles. The molecule has 0 bridgehead atoms. The van der Waals surface area contributed by atoms with Crippen LogP contribution in [0.2, 0.25) is 0 Å². The average molecular weight is 266 g/mol.